The van der Waals surface area contributed by atoms with Crippen LogP contribution in [-0.2, 0) is 28.7 Å². The van der Waals surface area contributed by atoms with Crippen LogP contribution in [0.1, 0.15) is 214 Å². The average Bonchev–Trinajstić information content (AvgIpc) is 3.23. The van der Waals surface area contributed by atoms with Crippen LogP contribution in [0, 0.1) is 0 Å². The van der Waals surface area contributed by atoms with Crippen LogP contribution in [0.25, 0.3) is 0 Å². The number of rotatable bonds is 43. The van der Waals surface area contributed by atoms with Gasteiger partial charge in [0.05, 0.1) is 19.6 Å². The number of allylic oxidation sites excluding steroid dienone is 4. The third-order valence-corrected chi connectivity index (χ3v) is 11.6. The number of carbonyl (C=O) groups is 4. The zero-order valence-electron chi connectivity index (χ0n) is 39.0. The molecule has 1 unspecified atom stereocenters. The third kappa shape index (κ3) is 48.1. The van der Waals surface area contributed by atoms with Gasteiger partial charge in [0.15, 0.2) is 0 Å². The Morgan fingerprint density at radius 2 is 0.850 bits per heavy atom. The van der Waals surface area contributed by atoms with Crippen molar-refractivity contribution in [3.05, 3.63) is 36.5 Å². The lowest BCUT2D eigenvalue weighted by Crippen LogP contribution is -2.29. The highest BCUT2D eigenvalue weighted by Crippen LogP contribution is 2.19. The first-order valence-electron chi connectivity index (χ1n) is 24.3. The number of nitrogens with zero attached hydrogens (tertiary/aromatic N) is 1. The predicted molar refractivity (Wildman–Crippen MR) is 254 cm³/mol. The molecule has 10 heteroatoms. The number of hydrogen-bond acceptors (Lipinski definition) is 8. The van der Waals surface area contributed by atoms with E-state index >= 15 is 0 Å². The molecule has 0 aliphatic rings. The molecule has 0 bridgehead atoms. The summed E-state index contributed by atoms with van der Waals surface area (Å²) in [5, 5.41) is 15.1. The first kappa shape index (κ1) is 59.5. The lowest BCUT2D eigenvalue weighted by Gasteiger charge is -2.20. The highest BCUT2D eigenvalue weighted by molar-refractivity contribution is 8.00. The highest BCUT2D eigenvalue weighted by atomic mass is 32.2. The van der Waals surface area contributed by atoms with Crippen molar-refractivity contribution in [1.82, 2.24) is 4.90 Å². The number of carboxylic acid groups (broad SMARTS) is 2. The van der Waals surface area contributed by atoms with Crippen molar-refractivity contribution < 1.29 is 38.9 Å². The number of esters is 2. The number of carboxylic acids is 2. The first-order valence-corrected chi connectivity index (χ1v) is 25.4. The zero-order chi connectivity index (χ0) is 44.6. The Bertz CT molecular complexity index is 1060. The molecule has 9 nitrogen and oxygen atoms in total. The van der Waals surface area contributed by atoms with Crippen LogP contribution >= 0.6 is 11.8 Å². The molecule has 0 aliphatic carbocycles. The van der Waals surface area contributed by atoms with Crippen molar-refractivity contribution in [1.29, 1.82) is 0 Å². The van der Waals surface area contributed by atoms with Gasteiger partial charge < -0.3 is 24.6 Å². The third-order valence-electron chi connectivity index (χ3n) is 10.4. The van der Waals surface area contributed by atoms with E-state index in [2.05, 4.69) is 56.9 Å². The number of hydrogen-bond donors (Lipinski definition) is 2. The minimum Gasteiger partial charge on any atom is -0.478 e. The Hall–Kier alpha value is -2.59. The summed E-state index contributed by atoms with van der Waals surface area (Å²) < 4.78 is 11.2. The Morgan fingerprint density at radius 1 is 0.500 bits per heavy atom. The van der Waals surface area contributed by atoms with E-state index in [1.807, 2.05) is 0 Å². The van der Waals surface area contributed by atoms with Gasteiger partial charge in [-0.25, -0.2) is 9.59 Å². The maximum atomic E-state index is 13.0. The summed E-state index contributed by atoms with van der Waals surface area (Å²) in [7, 11) is 0. The van der Waals surface area contributed by atoms with Gasteiger partial charge in [0.25, 0.3) is 0 Å². The van der Waals surface area contributed by atoms with Gasteiger partial charge in [-0.15, -0.1) is 11.8 Å². The van der Waals surface area contributed by atoms with Gasteiger partial charge in [0.1, 0.15) is 5.25 Å². The Morgan fingerprint density at radius 3 is 1.22 bits per heavy atom. The molecule has 350 valence electrons. The zero-order valence-corrected chi connectivity index (χ0v) is 39.8. The molecule has 0 saturated heterocycles. The summed E-state index contributed by atoms with van der Waals surface area (Å²) >= 11 is 1.54. The van der Waals surface area contributed by atoms with Gasteiger partial charge in [-0.2, -0.15) is 0 Å². The Balaban J connectivity index is 0. The van der Waals surface area contributed by atoms with Gasteiger partial charge in [-0.1, -0.05) is 168 Å². The molecule has 0 aromatic carbocycles. The van der Waals surface area contributed by atoms with E-state index < -0.39 is 17.2 Å². The van der Waals surface area contributed by atoms with Crippen LogP contribution in [0.4, 0.5) is 0 Å². The van der Waals surface area contributed by atoms with Crippen LogP contribution in [0.15, 0.2) is 36.5 Å². The van der Waals surface area contributed by atoms with Crippen LogP contribution in [-0.4, -0.2) is 82.8 Å². The SMILES string of the molecule is CCCCCCCC/C=C\CCCCCCCCOC(=O)CC(SCCN(CC)CC)C(=O)OCCCCCCCC/C=C\CCCCCCCC.O=C(O)/C=C\C(=O)O. The number of unbranched alkanes of at least 4 members (excludes halogenated alkanes) is 24. The predicted octanol–water partition coefficient (Wildman–Crippen LogP) is 13.7. The lowest BCUT2D eigenvalue weighted by atomic mass is 10.1. The van der Waals surface area contributed by atoms with Crippen LogP contribution in [0.2, 0.25) is 0 Å². The normalized spacial score (nSPS) is 12.0. The second-order valence-corrected chi connectivity index (χ2v) is 17.2. The fourth-order valence-corrected chi connectivity index (χ4v) is 7.68. The van der Waals surface area contributed by atoms with Crippen LogP contribution < -0.4 is 0 Å². The van der Waals surface area contributed by atoms with E-state index in [0.717, 1.165) is 51.1 Å². The maximum absolute atomic E-state index is 13.0. The minimum atomic E-state index is -1.26. The van der Waals surface area contributed by atoms with E-state index in [-0.39, 0.29) is 18.4 Å². The van der Waals surface area contributed by atoms with Gasteiger partial charge in [0, 0.05) is 24.4 Å². The summed E-state index contributed by atoms with van der Waals surface area (Å²) in [5.74, 6) is -2.24. The van der Waals surface area contributed by atoms with Crippen molar-refractivity contribution in [2.24, 2.45) is 0 Å². The average molecular weight is 866 g/mol. The summed E-state index contributed by atoms with van der Waals surface area (Å²) in [6.45, 7) is 12.6. The fourth-order valence-electron chi connectivity index (χ4n) is 6.58. The van der Waals surface area contributed by atoms with Crippen molar-refractivity contribution in [3.8, 4) is 0 Å². The van der Waals surface area contributed by atoms with E-state index in [1.54, 1.807) is 11.8 Å². The molecule has 1 atom stereocenters. The minimum absolute atomic E-state index is 0.0987. The molecule has 0 saturated carbocycles. The largest absolute Gasteiger partial charge is 0.478 e. The van der Waals surface area contributed by atoms with Gasteiger partial charge >= 0.3 is 23.9 Å². The molecule has 0 aromatic heterocycles. The molecule has 0 spiro atoms. The molecular weight excluding hydrogens is 775 g/mol. The molecule has 60 heavy (non-hydrogen) atoms. The molecule has 0 aromatic rings. The number of carbonyl (C=O) groups excluding carboxylic acids is 2. The van der Waals surface area contributed by atoms with Crippen molar-refractivity contribution in [3.63, 3.8) is 0 Å². The second kappa shape index (κ2) is 49.1. The highest BCUT2D eigenvalue weighted by Gasteiger charge is 2.25. The van der Waals surface area contributed by atoms with Crippen molar-refractivity contribution in [2.45, 2.75) is 219 Å². The molecule has 0 fully saturated rings. The van der Waals surface area contributed by atoms with E-state index in [1.165, 1.54) is 154 Å². The van der Waals surface area contributed by atoms with Crippen LogP contribution in [0.3, 0.4) is 0 Å². The Kier molecular flexibility index (Phi) is 48.7. The van der Waals surface area contributed by atoms with Gasteiger partial charge in [-0.05, 0) is 77.3 Å². The summed E-state index contributed by atoms with van der Waals surface area (Å²) in [6.07, 6.45) is 45.9. The van der Waals surface area contributed by atoms with E-state index in [9.17, 15) is 19.2 Å². The van der Waals surface area contributed by atoms with E-state index in [4.69, 9.17) is 19.7 Å². The van der Waals surface area contributed by atoms with Crippen molar-refractivity contribution >= 4 is 35.6 Å². The van der Waals surface area contributed by atoms with E-state index in [0.29, 0.717) is 25.4 Å². The smallest absolute Gasteiger partial charge is 0.328 e. The number of ether oxygens (including phenoxy) is 2. The molecular formula is C50H91NO8S. The summed E-state index contributed by atoms with van der Waals surface area (Å²) in [6, 6.07) is 0. The first-order chi connectivity index (χ1) is 29.2. The van der Waals surface area contributed by atoms with Gasteiger partial charge in [0.2, 0.25) is 0 Å². The molecule has 0 rings (SSSR count). The fraction of sp³-hybridized carbons (Fsp3) is 0.800. The number of thioether (sulfide) groups is 1. The topological polar surface area (TPSA) is 130 Å². The summed E-state index contributed by atoms with van der Waals surface area (Å²) in [4.78, 5) is 47.2. The van der Waals surface area contributed by atoms with Crippen molar-refractivity contribution in [2.75, 3.05) is 38.6 Å². The monoisotopic (exact) mass is 866 g/mol. The molecule has 0 radical (unpaired) electrons. The lowest BCUT2D eigenvalue weighted by molar-refractivity contribution is -0.149. The van der Waals surface area contributed by atoms with Gasteiger partial charge in [-0.3, -0.25) is 9.59 Å². The quantitative estimate of drug-likeness (QED) is 0.0264. The number of aliphatic carboxylic acids is 2. The molecule has 2 N–H and O–H groups in total. The standard InChI is InChI=1S/C46H87NO4S.C4H4O4/c1-5-9-11-13-15-17-19-21-23-25-27-29-31-33-35-37-40-50-45(48)43-44(52-42-39-47(7-3)8-4)46(49)51-41-38-36-34-32-30-28-26-24-22-20-18-16-14-12-10-6-2;5-3(6)1-2-4(7)8/h21-24,44H,5-20,25-43H2,1-4H3;1-2H,(H,5,6)(H,7,8)/b23-21-,24-22-;2-1-. The molecule has 0 heterocycles. The molecule has 0 amide bonds. The summed E-state index contributed by atoms with van der Waals surface area (Å²) in [5.41, 5.74) is 0. The Labute approximate surface area is 372 Å². The maximum Gasteiger partial charge on any atom is 0.328 e. The second-order valence-electron chi connectivity index (χ2n) is 15.9. The molecule has 0 aliphatic heterocycles. The van der Waals surface area contributed by atoms with Crippen LogP contribution in [0.5, 0.6) is 0 Å².